The predicted molar refractivity (Wildman–Crippen MR) is 73.0 cm³/mol. The van der Waals surface area contributed by atoms with E-state index in [4.69, 9.17) is 16.0 Å². The minimum absolute atomic E-state index is 0.146. The highest BCUT2D eigenvalue weighted by molar-refractivity contribution is 6.68. The maximum atomic E-state index is 11.1. The molecule has 0 unspecified atom stereocenters. The molecular weight excluding hydrogens is 282 g/mol. The van der Waals surface area contributed by atoms with Gasteiger partial charge in [-0.1, -0.05) is 12.1 Å². The summed E-state index contributed by atoms with van der Waals surface area (Å²) in [6.07, 6.45) is 0. The molecule has 2 N–H and O–H groups in total. The zero-order valence-electron chi connectivity index (χ0n) is 10.0. The molecule has 6 heteroatoms. The maximum Gasteiger partial charge on any atom is 0.256 e. The molecule has 0 saturated heterocycles. The monoisotopic (exact) mass is 289 g/mol. The summed E-state index contributed by atoms with van der Waals surface area (Å²) < 4.78 is 5.49. The van der Waals surface area contributed by atoms with Gasteiger partial charge in [0.05, 0.1) is 11.1 Å². The molecule has 0 aliphatic heterocycles. The summed E-state index contributed by atoms with van der Waals surface area (Å²) in [5, 5.41) is 18.8. The van der Waals surface area contributed by atoms with Gasteiger partial charge in [-0.2, -0.15) is 0 Å². The molecule has 0 bridgehead atoms. The van der Waals surface area contributed by atoms with Crippen LogP contribution in [0.3, 0.4) is 0 Å². The first-order valence-electron chi connectivity index (χ1n) is 5.68. The van der Waals surface area contributed by atoms with Gasteiger partial charge in [0.1, 0.15) is 17.0 Å². The second-order valence-electron chi connectivity index (χ2n) is 4.15. The third-order valence-corrected chi connectivity index (χ3v) is 3.05. The first-order valence-corrected chi connectivity index (χ1v) is 6.06. The fourth-order valence-corrected chi connectivity index (χ4v) is 2.04. The molecule has 0 fully saturated rings. The average molecular weight is 290 g/mol. The van der Waals surface area contributed by atoms with Crippen molar-refractivity contribution in [3.8, 4) is 23.0 Å². The molecule has 5 nitrogen and oxygen atoms in total. The Bertz CT molecular complexity index is 792. The maximum absolute atomic E-state index is 11.1. The number of carbonyl (C=O) groups excluding carboxylic acids is 1. The van der Waals surface area contributed by atoms with Crippen molar-refractivity contribution in [2.75, 3.05) is 0 Å². The number of rotatable bonds is 2. The van der Waals surface area contributed by atoms with E-state index in [9.17, 15) is 15.0 Å². The molecule has 0 saturated carbocycles. The third-order valence-electron chi connectivity index (χ3n) is 2.85. The number of para-hydroxylation sites is 2. The van der Waals surface area contributed by atoms with Gasteiger partial charge >= 0.3 is 0 Å². The van der Waals surface area contributed by atoms with E-state index in [1.807, 2.05) is 0 Å². The summed E-state index contributed by atoms with van der Waals surface area (Å²) in [6, 6.07) is 9.37. The van der Waals surface area contributed by atoms with Gasteiger partial charge in [-0.25, -0.2) is 4.98 Å². The Morgan fingerprint density at radius 2 is 1.90 bits per heavy atom. The fraction of sp³-hybridized carbons (Fsp3) is 0. The second kappa shape index (κ2) is 4.54. The number of aromatic hydroxyl groups is 2. The number of hydrogen-bond donors (Lipinski definition) is 2. The number of fused-ring (bicyclic) bond motifs is 1. The Labute approximate surface area is 118 Å². The minimum atomic E-state index is -0.859. The highest BCUT2D eigenvalue weighted by Gasteiger charge is 2.18. The van der Waals surface area contributed by atoms with Crippen LogP contribution in [0.1, 0.15) is 10.4 Å². The van der Waals surface area contributed by atoms with E-state index in [1.165, 1.54) is 6.07 Å². The van der Waals surface area contributed by atoms with Crippen molar-refractivity contribution in [2.24, 2.45) is 0 Å². The predicted octanol–water partition coefficient (Wildman–Crippen LogP) is 3.29. The molecule has 3 rings (SSSR count). The fourth-order valence-electron chi connectivity index (χ4n) is 1.89. The van der Waals surface area contributed by atoms with Crippen LogP contribution in [-0.2, 0) is 0 Å². The molecule has 1 heterocycles. The van der Waals surface area contributed by atoms with Crippen LogP contribution in [0.4, 0.5) is 0 Å². The van der Waals surface area contributed by atoms with E-state index >= 15 is 0 Å². The zero-order valence-corrected chi connectivity index (χ0v) is 10.8. The molecule has 0 spiro atoms. The molecule has 100 valence electrons. The molecule has 0 atom stereocenters. The highest BCUT2D eigenvalue weighted by Crippen LogP contribution is 2.36. The first-order chi connectivity index (χ1) is 9.56. The summed E-state index contributed by atoms with van der Waals surface area (Å²) in [4.78, 5) is 15.3. The number of oxazole rings is 1. The molecule has 3 aromatic rings. The standard InChI is InChI=1S/C14H8ClNO4/c15-13(19)7-5-11(18)8(6-10(7)17)14-16-9-3-1-2-4-12(9)20-14/h1-6,17-18H. The van der Waals surface area contributed by atoms with Gasteiger partial charge in [0.25, 0.3) is 5.24 Å². The lowest BCUT2D eigenvalue weighted by molar-refractivity contribution is 0.107. The summed E-state index contributed by atoms with van der Waals surface area (Å²) in [5.74, 6) is -0.453. The number of phenolic OH excluding ortho intramolecular Hbond substituents is 2. The van der Waals surface area contributed by atoms with Crippen molar-refractivity contribution >= 4 is 27.9 Å². The van der Waals surface area contributed by atoms with Crippen LogP contribution in [0.25, 0.3) is 22.6 Å². The Morgan fingerprint density at radius 1 is 1.15 bits per heavy atom. The van der Waals surface area contributed by atoms with Crippen LogP contribution >= 0.6 is 11.6 Å². The van der Waals surface area contributed by atoms with E-state index < -0.39 is 5.24 Å². The second-order valence-corrected chi connectivity index (χ2v) is 4.49. The van der Waals surface area contributed by atoms with Crippen LogP contribution in [0.15, 0.2) is 40.8 Å². The van der Waals surface area contributed by atoms with Gasteiger partial charge in [-0.05, 0) is 35.9 Å². The highest BCUT2D eigenvalue weighted by atomic mass is 35.5. The number of phenols is 2. The Balaban J connectivity index is 2.19. The number of carbonyl (C=O) groups is 1. The first kappa shape index (κ1) is 12.5. The molecule has 1 aromatic heterocycles. The van der Waals surface area contributed by atoms with E-state index in [2.05, 4.69) is 4.98 Å². The van der Waals surface area contributed by atoms with Gasteiger partial charge in [-0.15, -0.1) is 0 Å². The molecule has 0 amide bonds. The largest absolute Gasteiger partial charge is 0.507 e. The van der Waals surface area contributed by atoms with Crippen LogP contribution in [0, 0.1) is 0 Å². The lowest BCUT2D eigenvalue weighted by Gasteiger charge is -2.04. The van der Waals surface area contributed by atoms with Crippen LogP contribution in [-0.4, -0.2) is 20.4 Å². The molecule has 2 aromatic carbocycles. The molecule has 20 heavy (non-hydrogen) atoms. The summed E-state index contributed by atoms with van der Waals surface area (Å²) in [5.41, 5.74) is 1.18. The van der Waals surface area contributed by atoms with Crippen molar-refractivity contribution < 1.29 is 19.4 Å². The zero-order chi connectivity index (χ0) is 14.3. The summed E-state index contributed by atoms with van der Waals surface area (Å²) in [6.45, 7) is 0. The smallest absolute Gasteiger partial charge is 0.256 e. The number of hydrogen-bond acceptors (Lipinski definition) is 5. The van der Waals surface area contributed by atoms with Gasteiger partial charge < -0.3 is 14.6 Å². The number of benzene rings is 2. The SMILES string of the molecule is O=C(Cl)c1cc(O)c(-c2nc3ccccc3o2)cc1O. The van der Waals surface area contributed by atoms with E-state index in [0.29, 0.717) is 11.1 Å². The Morgan fingerprint density at radius 3 is 2.60 bits per heavy atom. The van der Waals surface area contributed by atoms with Crippen LogP contribution < -0.4 is 0 Å². The molecule has 0 aliphatic carbocycles. The Hall–Kier alpha value is -2.53. The van der Waals surface area contributed by atoms with Gasteiger partial charge in [-0.3, -0.25) is 4.79 Å². The van der Waals surface area contributed by atoms with E-state index in [-0.39, 0.29) is 28.5 Å². The topological polar surface area (TPSA) is 83.6 Å². The summed E-state index contributed by atoms with van der Waals surface area (Å²) in [7, 11) is 0. The lowest BCUT2D eigenvalue weighted by atomic mass is 10.1. The van der Waals surface area contributed by atoms with Crippen LogP contribution in [0.5, 0.6) is 11.5 Å². The van der Waals surface area contributed by atoms with Crippen molar-refractivity contribution in [3.63, 3.8) is 0 Å². The lowest BCUT2D eigenvalue weighted by Crippen LogP contribution is -1.91. The summed E-state index contributed by atoms with van der Waals surface area (Å²) >= 11 is 5.29. The van der Waals surface area contributed by atoms with Gasteiger partial charge in [0.15, 0.2) is 5.58 Å². The van der Waals surface area contributed by atoms with Crippen molar-refractivity contribution in [2.45, 2.75) is 0 Å². The molecular formula is C14H8ClNO4. The third kappa shape index (κ3) is 1.98. The van der Waals surface area contributed by atoms with Crippen molar-refractivity contribution in [1.29, 1.82) is 0 Å². The van der Waals surface area contributed by atoms with Crippen molar-refractivity contribution in [1.82, 2.24) is 4.98 Å². The normalized spacial score (nSPS) is 10.8. The van der Waals surface area contributed by atoms with Crippen molar-refractivity contribution in [3.05, 3.63) is 42.0 Å². The Kier molecular flexibility index (Phi) is 2.84. The van der Waals surface area contributed by atoms with Crippen LogP contribution in [0.2, 0.25) is 0 Å². The molecule has 0 radical (unpaired) electrons. The average Bonchev–Trinajstić information content (AvgIpc) is 2.84. The quantitative estimate of drug-likeness (QED) is 0.559. The van der Waals surface area contributed by atoms with Gasteiger partial charge in [0, 0.05) is 0 Å². The number of nitrogens with zero attached hydrogens (tertiary/aromatic N) is 1. The van der Waals surface area contributed by atoms with Gasteiger partial charge in [0.2, 0.25) is 5.89 Å². The number of halogens is 1. The minimum Gasteiger partial charge on any atom is -0.507 e. The number of aromatic nitrogens is 1. The van der Waals surface area contributed by atoms with E-state index in [0.717, 1.165) is 6.07 Å². The molecule has 0 aliphatic rings. The van der Waals surface area contributed by atoms with E-state index in [1.54, 1.807) is 24.3 Å².